The number of pyridine rings is 1. The van der Waals surface area contributed by atoms with E-state index in [1.807, 2.05) is 12.1 Å². The van der Waals surface area contributed by atoms with Gasteiger partial charge in [0.05, 0.1) is 11.4 Å². The largest absolute Gasteiger partial charge is 0.396 e. The number of nitrogen functional groups attached to an aromatic ring is 1. The van der Waals surface area contributed by atoms with Crippen molar-refractivity contribution in [3.63, 3.8) is 0 Å². The summed E-state index contributed by atoms with van der Waals surface area (Å²) in [6.07, 6.45) is 3.01. The first kappa shape index (κ1) is 14.1. The molecule has 1 aliphatic heterocycles. The Labute approximate surface area is 114 Å². The van der Waals surface area contributed by atoms with Crippen molar-refractivity contribution in [3.8, 4) is 0 Å². The molecule has 0 bridgehead atoms. The van der Waals surface area contributed by atoms with Crippen LogP contribution in [0.15, 0.2) is 18.3 Å². The highest BCUT2D eigenvalue weighted by Gasteiger charge is 2.19. The van der Waals surface area contributed by atoms with E-state index in [0.29, 0.717) is 12.2 Å². The third kappa shape index (κ3) is 4.07. The Bertz CT molecular complexity index is 524. The van der Waals surface area contributed by atoms with Gasteiger partial charge in [0.1, 0.15) is 9.84 Å². The fraction of sp³-hybridized carbons (Fsp3) is 0.583. The second-order valence-corrected chi connectivity index (χ2v) is 7.13. The summed E-state index contributed by atoms with van der Waals surface area (Å²) in [5, 5.41) is 0. The van der Waals surface area contributed by atoms with E-state index in [1.165, 1.54) is 6.26 Å². The summed E-state index contributed by atoms with van der Waals surface area (Å²) >= 11 is 0. The van der Waals surface area contributed by atoms with Gasteiger partial charge in [-0.15, -0.1) is 0 Å². The average molecular weight is 284 g/mol. The van der Waals surface area contributed by atoms with Crippen LogP contribution in [0.2, 0.25) is 0 Å². The Kier molecular flexibility index (Phi) is 4.26. The van der Waals surface area contributed by atoms with Gasteiger partial charge in [-0.1, -0.05) is 0 Å². The second kappa shape index (κ2) is 5.75. The molecule has 0 spiro atoms. The molecule has 1 aliphatic rings. The summed E-state index contributed by atoms with van der Waals surface area (Å²) in [6, 6.07) is 3.67. The molecule has 19 heavy (non-hydrogen) atoms. The number of hydrogen-bond acceptors (Lipinski definition) is 6. The molecule has 1 fully saturated rings. The molecule has 1 aromatic heterocycles. The summed E-state index contributed by atoms with van der Waals surface area (Å²) in [7, 11) is -2.88. The van der Waals surface area contributed by atoms with E-state index in [0.717, 1.165) is 32.0 Å². The van der Waals surface area contributed by atoms with Crippen LogP contribution in [0, 0.1) is 0 Å². The average Bonchev–Trinajstić information content (AvgIpc) is 2.37. The summed E-state index contributed by atoms with van der Waals surface area (Å²) in [5.41, 5.74) is 6.59. The Hall–Kier alpha value is -1.34. The first-order chi connectivity index (χ1) is 8.96. The Morgan fingerprint density at radius 1 is 1.32 bits per heavy atom. The molecule has 2 rings (SSSR count). The Morgan fingerprint density at radius 3 is 2.58 bits per heavy atom. The predicted octanol–water partition coefficient (Wildman–Crippen LogP) is -0.170. The molecule has 2 N–H and O–H groups in total. The van der Waals surface area contributed by atoms with Gasteiger partial charge in [0.2, 0.25) is 0 Å². The molecule has 0 aliphatic carbocycles. The van der Waals surface area contributed by atoms with Crippen molar-refractivity contribution < 1.29 is 8.42 Å². The molecule has 1 saturated heterocycles. The number of piperazine rings is 1. The van der Waals surface area contributed by atoms with E-state index >= 15 is 0 Å². The van der Waals surface area contributed by atoms with E-state index in [2.05, 4.69) is 14.8 Å². The smallest absolute Gasteiger partial charge is 0.151 e. The lowest BCUT2D eigenvalue weighted by Gasteiger charge is -2.35. The highest BCUT2D eigenvalue weighted by Crippen LogP contribution is 2.20. The van der Waals surface area contributed by atoms with Crippen LogP contribution in [0.25, 0.3) is 0 Å². The van der Waals surface area contributed by atoms with Gasteiger partial charge in [0.25, 0.3) is 0 Å². The van der Waals surface area contributed by atoms with Crippen molar-refractivity contribution in [2.24, 2.45) is 0 Å². The van der Waals surface area contributed by atoms with Gasteiger partial charge in [-0.25, -0.2) is 13.4 Å². The summed E-state index contributed by atoms with van der Waals surface area (Å²) in [6.45, 7) is 3.93. The van der Waals surface area contributed by atoms with Gasteiger partial charge in [-0.2, -0.15) is 0 Å². The Morgan fingerprint density at radius 2 is 2.00 bits per heavy atom. The zero-order chi connectivity index (χ0) is 13.9. The van der Waals surface area contributed by atoms with Gasteiger partial charge in [0, 0.05) is 45.2 Å². The number of rotatable bonds is 4. The van der Waals surface area contributed by atoms with Gasteiger partial charge in [-0.05, 0) is 12.1 Å². The number of hydrogen-bond donors (Lipinski definition) is 1. The fourth-order valence-electron chi connectivity index (χ4n) is 2.15. The van der Waals surface area contributed by atoms with Gasteiger partial charge in [0.15, 0.2) is 5.82 Å². The third-order valence-electron chi connectivity index (χ3n) is 3.27. The predicted molar refractivity (Wildman–Crippen MR) is 77.0 cm³/mol. The number of sulfone groups is 1. The number of nitrogens with two attached hydrogens (primary N) is 1. The monoisotopic (exact) mass is 284 g/mol. The second-order valence-electron chi connectivity index (χ2n) is 4.87. The summed E-state index contributed by atoms with van der Waals surface area (Å²) in [5.74, 6) is 1.05. The summed E-state index contributed by atoms with van der Waals surface area (Å²) < 4.78 is 22.3. The SMILES string of the molecule is CS(=O)(=O)CCN1CCN(c2ncccc2N)CC1. The highest BCUT2D eigenvalue weighted by atomic mass is 32.2. The lowest BCUT2D eigenvalue weighted by molar-refractivity contribution is 0.271. The van der Waals surface area contributed by atoms with Crippen molar-refractivity contribution >= 4 is 21.3 Å². The lowest BCUT2D eigenvalue weighted by Crippen LogP contribution is -2.48. The fourth-order valence-corrected chi connectivity index (χ4v) is 2.74. The molecule has 2 heterocycles. The zero-order valence-corrected chi connectivity index (χ0v) is 11.9. The lowest BCUT2D eigenvalue weighted by atomic mass is 10.3. The van der Waals surface area contributed by atoms with E-state index in [-0.39, 0.29) is 5.75 Å². The Balaban J connectivity index is 1.88. The van der Waals surface area contributed by atoms with Crippen LogP contribution in [-0.4, -0.2) is 63.0 Å². The minimum Gasteiger partial charge on any atom is -0.396 e. The molecule has 1 aromatic rings. The number of aromatic nitrogens is 1. The molecule has 0 aromatic carbocycles. The maximum Gasteiger partial charge on any atom is 0.151 e. The quantitative estimate of drug-likeness (QED) is 0.827. The third-order valence-corrected chi connectivity index (χ3v) is 4.19. The molecular formula is C12H20N4O2S. The molecular weight excluding hydrogens is 264 g/mol. The van der Waals surface area contributed by atoms with Crippen molar-refractivity contribution in [2.75, 3.05) is 55.4 Å². The molecule has 0 saturated carbocycles. The normalized spacial score (nSPS) is 17.6. The van der Waals surface area contributed by atoms with Gasteiger partial charge < -0.3 is 10.6 Å². The van der Waals surface area contributed by atoms with Crippen LogP contribution in [0.1, 0.15) is 0 Å². The standard InChI is InChI=1S/C12H20N4O2S/c1-19(17,18)10-9-15-5-7-16(8-6-15)12-11(13)3-2-4-14-12/h2-4H,5-10,13H2,1H3. The molecule has 106 valence electrons. The van der Waals surface area contributed by atoms with Crippen LogP contribution in [0.4, 0.5) is 11.5 Å². The van der Waals surface area contributed by atoms with Crippen LogP contribution in [-0.2, 0) is 9.84 Å². The highest BCUT2D eigenvalue weighted by molar-refractivity contribution is 7.90. The molecule has 0 amide bonds. The molecule has 0 atom stereocenters. The first-order valence-electron chi connectivity index (χ1n) is 6.31. The van der Waals surface area contributed by atoms with E-state index in [4.69, 9.17) is 5.73 Å². The zero-order valence-electron chi connectivity index (χ0n) is 11.1. The van der Waals surface area contributed by atoms with Crippen LogP contribution in [0.3, 0.4) is 0 Å². The van der Waals surface area contributed by atoms with Crippen molar-refractivity contribution in [1.29, 1.82) is 0 Å². The maximum atomic E-state index is 11.1. The van der Waals surface area contributed by atoms with E-state index in [1.54, 1.807) is 6.20 Å². The minimum absolute atomic E-state index is 0.221. The molecule has 0 unspecified atom stereocenters. The van der Waals surface area contributed by atoms with Gasteiger partial charge >= 0.3 is 0 Å². The van der Waals surface area contributed by atoms with E-state index < -0.39 is 9.84 Å². The van der Waals surface area contributed by atoms with E-state index in [9.17, 15) is 8.42 Å². The molecule has 6 nitrogen and oxygen atoms in total. The van der Waals surface area contributed by atoms with Gasteiger partial charge in [-0.3, -0.25) is 4.90 Å². The molecule has 7 heteroatoms. The maximum absolute atomic E-state index is 11.1. The van der Waals surface area contributed by atoms with Crippen LogP contribution < -0.4 is 10.6 Å². The van der Waals surface area contributed by atoms with Crippen molar-refractivity contribution in [1.82, 2.24) is 9.88 Å². The topological polar surface area (TPSA) is 79.5 Å². The van der Waals surface area contributed by atoms with Crippen LogP contribution in [0.5, 0.6) is 0 Å². The minimum atomic E-state index is -2.88. The van der Waals surface area contributed by atoms with Crippen LogP contribution >= 0.6 is 0 Å². The summed E-state index contributed by atoms with van der Waals surface area (Å²) in [4.78, 5) is 8.61. The number of nitrogens with zero attached hydrogens (tertiary/aromatic N) is 3. The number of anilines is 2. The van der Waals surface area contributed by atoms with Crippen molar-refractivity contribution in [2.45, 2.75) is 0 Å². The first-order valence-corrected chi connectivity index (χ1v) is 8.37. The molecule has 0 radical (unpaired) electrons. The van der Waals surface area contributed by atoms with Crippen molar-refractivity contribution in [3.05, 3.63) is 18.3 Å².